The summed E-state index contributed by atoms with van der Waals surface area (Å²) in [5.41, 5.74) is 0. The molecule has 1 aliphatic rings. The Balaban J connectivity index is 1.58. The van der Waals surface area contributed by atoms with Gasteiger partial charge < -0.3 is 37.9 Å². The number of esters is 2. The molecule has 0 aromatic heterocycles. The molecule has 1 aliphatic heterocycles. The van der Waals surface area contributed by atoms with Crippen molar-refractivity contribution < 1.29 is 47.5 Å². The van der Waals surface area contributed by atoms with Crippen molar-refractivity contribution in [2.75, 3.05) is 66.1 Å². The smallest absolute Gasteiger partial charge is 0.330 e. The molecule has 1 fully saturated rings. The molecule has 200 valence electrons. The summed E-state index contributed by atoms with van der Waals surface area (Å²) in [6, 6.07) is 9.48. The quantitative estimate of drug-likeness (QED) is 0.120. The summed E-state index contributed by atoms with van der Waals surface area (Å²) in [6.07, 6.45) is 2.27. The van der Waals surface area contributed by atoms with Crippen LogP contribution in [0.2, 0.25) is 0 Å². The molecule has 1 unspecified atom stereocenters. The van der Waals surface area contributed by atoms with Crippen LogP contribution in [-0.2, 0) is 33.3 Å². The summed E-state index contributed by atoms with van der Waals surface area (Å²) < 4.78 is 44.0. The van der Waals surface area contributed by atoms with E-state index in [-0.39, 0.29) is 45.7 Å². The lowest BCUT2D eigenvalue weighted by molar-refractivity contribution is -0.140. The lowest BCUT2D eigenvalue weighted by atomic mass is 10.1. The first-order chi connectivity index (χ1) is 18.1. The standard InChI is InChI=1S/C27H32O10/c1-3-25(28)33-14-10-30-9-13-32-23-17-24(37-19-20-18-36-20)27(22-8-6-5-7-21(22)23)35-16-12-31-11-15-34-26(29)4-2/h3-8,17,20H,1-2,9-16,18-19H2. The topological polar surface area (TPSA) is 111 Å². The summed E-state index contributed by atoms with van der Waals surface area (Å²) >= 11 is 0. The average Bonchev–Trinajstić information content (AvgIpc) is 3.75. The highest BCUT2D eigenvalue weighted by Gasteiger charge is 2.25. The van der Waals surface area contributed by atoms with Crippen LogP contribution in [0.5, 0.6) is 17.2 Å². The second-order valence-corrected chi connectivity index (χ2v) is 7.68. The number of rotatable bonds is 19. The van der Waals surface area contributed by atoms with E-state index in [0.29, 0.717) is 43.7 Å². The van der Waals surface area contributed by atoms with Crippen LogP contribution >= 0.6 is 0 Å². The lowest BCUT2D eigenvalue weighted by Gasteiger charge is -2.18. The number of ether oxygens (including phenoxy) is 8. The van der Waals surface area contributed by atoms with Gasteiger partial charge in [-0.15, -0.1) is 0 Å². The van der Waals surface area contributed by atoms with Crippen molar-refractivity contribution in [3.8, 4) is 17.2 Å². The molecule has 3 rings (SSSR count). The maximum absolute atomic E-state index is 11.1. The first kappa shape index (κ1) is 28.0. The highest BCUT2D eigenvalue weighted by Crippen LogP contribution is 2.42. The Morgan fingerprint density at radius 3 is 1.95 bits per heavy atom. The zero-order valence-corrected chi connectivity index (χ0v) is 20.7. The molecular weight excluding hydrogens is 484 g/mol. The molecule has 0 aliphatic carbocycles. The Bertz CT molecular complexity index is 1050. The highest BCUT2D eigenvalue weighted by atomic mass is 16.6. The van der Waals surface area contributed by atoms with Gasteiger partial charge in [0.05, 0.1) is 33.0 Å². The van der Waals surface area contributed by atoms with Crippen molar-refractivity contribution in [3.05, 3.63) is 55.6 Å². The Morgan fingerprint density at radius 1 is 0.784 bits per heavy atom. The van der Waals surface area contributed by atoms with Gasteiger partial charge in [0.2, 0.25) is 0 Å². The van der Waals surface area contributed by atoms with Crippen LogP contribution in [0.4, 0.5) is 0 Å². The fraction of sp³-hybridized carbons (Fsp3) is 0.407. The van der Waals surface area contributed by atoms with Gasteiger partial charge in [-0.1, -0.05) is 37.4 Å². The molecule has 1 heterocycles. The van der Waals surface area contributed by atoms with Gasteiger partial charge in [-0.3, -0.25) is 0 Å². The van der Waals surface area contributed by atoms with Gasteiger partial charge in [-0.25, -0.2) is 9.59 Å². The second-order valence-electron chi connectivity index (χ2n) is 7.68. The summed E-state index contributed by atoms with van der Waals surface area (Å²) in [7, 11) is 0. The fourth-order valence-corrected chi connectivity index (χ4v) is 3.15. The van der Waals surface area contributed by atoms with Gasteiger partial charge in [0.15, 0.2) is 11.5 Å². The molecule has 0 radical (unpaired) electrons. The van der Waals surface area contributed by atoms with E-state index in [9.17, 15) is 9.59 Å². The Labute approximate surface area is 215 Å². The molecule has 2 aromatic rings. The van der Waals surface area contributed by atoms with Crippen LogP contribution in [0.3, 0.4) is 0 Å². The van der Waals surface area contributed by atoms with E-state index in [1.54, 1.807) is 6.07 Å². The van der Waals surface area contributed by atoms with Crippen LogP contribution in [0.25, 0.3) is 10.8 Å². The van der Waals surface area contributed by atoms with Crippen LogP contribution in [-0.4, -0.2) is 84.1 Å². The van der Waals surface area contributed by atoms with Crippen molar-refractivity contribution in [2.24, 2.45) is 0 Å². The molecule has 0 N–H and O–H groups in total. The van der Waals surface area contributed by atoms with E-state index < -0.39 is 11.9 Å². The zero-order valence-electron chi connectivity index (χ0n) is 20.7. The van der Waals surface area contributed by atoms with E-state index in [4.69, 9.17) is 37.9 Å². The van der Waals surface area contributed by atoms with E-state index in [0.717, 1.165) is 22.9 Å². The number of carbonyl (C=O) groups is 2. The second kappa shape index (κ2) is 15.5. The molecule has 37 heavy (non-hydrogen) atoms. The summed E-state index contributed by atoms with van der Waals surface area (Å²) in [6.45, 7) is 9.68. The highest BCUT2D eigenvalue weighted by molar-refractivity contribution is 5.95. The molecule has 0 bridgehead atoms. The van der Waals surface area contributed by atoms with Gasteiger partial charge in [0.25, 0.3) is 0 Å². The third-order valence-corrected chi connectivity index (χ3v) is 4.99. The fourth-order valence-electron chi connectivity index (χ4n) is 3.15. The number of hydrogen-bond donors (Lipinski definition) is 0. The predicted molar refractivity (Wildman–Crippen MR) is 134 cm³/mol. The summed E-state index contributed by atoms with van der Waals surface area (Å²) in [4.78, 5) is 22.1. The number of epoxide rings is 1. The van der Waals surface area contributed by atoms with Crippen molar-refractivity contribution >= 4 is 22.7 Å². The summed E-state index contributed by atoms with van der Waals surface area (Å²) in [5, 5.41) is 1.67. The predicted octanol–water partition coefficient (Wildman–Crippen LogP) is 2.87. The first-order valence-electron chi connectivity index (χ1n) is 11.9. The minimum absolute atomic E-state index is 0.0638. The molecule has 10 nitrogen and oxygen atoms in total. The van der Waals surface area contributed by atoms with Gasteiger partial charge >= 0.3 is 11.9 Å². The minimum Gasteiger partial charge on any atom is -0.490 e. The van der Waals surface area contributed by atoms with Crippen LogP contribution in [0, 0.1) is 0 Å². The van der Waals surface area contributed by atoms with Gasteiger partial charge in [0, 0.05) is 29.0 Å². The molecular formula is C27H32O10. The monoisotopic (exact) mass is 516 g/mol. The van der Waals surface area contributed by atoms with E-state index in [1.165, 1.54) is 0 Å². The van der Waals surface area contributed by atoms with E-state index in [2.05, 4.69) is 13.2 Å². The third-order valence-electron chi connectivity index (χ3n) is 4.99. The maximum Gasteiger partial charge on any atom is 0.330 e. The average molecular weight is 517 g/mol. The van der Waals surface area contributed by atoms with Crippen molar-refractivity contribution in [3.63, 3.8) is 0 Å². The lowest BCUT2D eigenvalue weighted by Crippen LogP contribution is -2.14. The first-order valence-corrected chi connectivity index (χ1v) is 11.9. The number of carbonyl (C=O) groups excluding carboxylic acids is 2. The Kier molecular flexibility index (Phi) is 11.7. The van der Waals surface area contributed by atoms with Gasteiger partial charge in [0.1, 0.15) is 44.9 Å². The SMILES string of the molecule is C=CC(=O)OCCOCCOc1cc(OCC2CO2)c(OCCOCCOC(=O)C=C)c2ccccc12. The molecule has 0 spiro atoms. The van der Waals surface area contributed by atoms with Crippen molar-refractivity contribution in [1.82, 2.24) is 0 Å². The van der Waals surface area contributed by atoms with Gasteiger partial charge in [-0.05, 0) is 0 Å². The third kappa shape index (κ3) is 9.76. The normalized spacial score (nSPS) is 14.0. The molecule has 2 aromatic carbocycles. The number of hydrogen-bond acceptors (Lipinski definition) is 10. The minimum atomic E-state index is -0.490. The molecule has 0 amide bonds. The molecule has 1 atom stereocenters. The summed E-state index contributed by atoms with van der Waals surface area (Å²) in [5.74, 6) is 0.748. The van der Waals surface area contributed by atoms with Crippen LogP contribution < -0.4 is 14.2 Å². The Hall–Kier alpha value is -3.60. The molecule has 10 heteroatoms. The molecule has 1 saturated heterocycles. The van der Waals surface area contributed by atoms with Crippen LogP contribution in [0.15, 0.2) is 55.6 Å². The zero-order chi connectivity index (χ0) is 26.3. The maximum atomic E-state index is 11.1. The van der Waals surface area contributed by atoms with Crippen LogP contribution in [0.1, 0.15) is 0 Å². The van der Waals surface area contributed by atoms with Crippen molar-refractivity contribution in [2.45, 2.75) is 6.10 Å². The number of fused-ring (bicyclic) bond motifs is 1. The number of benzene rings is 2. The van der Waals surface area contributed by atoms with E-state index >= 15 is 0 Å². The Morgan fingerprint density at radius 2 is 1.35 bits per heavy atom. The van der Waals surface area contributed by atoms with E-state index in [1.807, 2.05) is 24.3 Å². The van der Waals surface area contributed by atoms with Gasteiger partial charge in [-0.2, -0.15) is 0 Å². The largest absolute Gasteiger partial charge is 0.490 e. The molecule has 0 saturated carbocycles. The van der Waals surface area contributed by atoms with Crippen molar-refractivity contribution in [1.29, 1.82) is 0 Å².